The van der Waals surface area contributed by atoms with E-state index in [9.17, 15) is 4.79 Å². The Morgan fingerprint density at radius 1 is 1.26 bits per heavy atom. The number of nitrogens with one attached hydrogen (secondary N) is 2. The first kappa shape index (κ1) is 24.4. The highest BCUT2D eigenvalue weighted by molar-refractivity contribution is 14.0. The third-order valence-corrected chi connectivity index (χ3v) is 5.21. The van der Waals surface area contributed by atoms with Crippen LogP contribution in [0.1, 0.15) is 39.0 Å². The second-order valence-corrected chi connectivity index (χ2v) is 7.68. The summed E-state index contributed by atoms with van der Waals surface area (Å²) >= 11 is 0. The van der Waals surface area contributed by atoms with Crippen LogP contribution >= 0.6 is 24.0 Å². The van der Waals surface area contributed by atoms with Crippen LogP contribution in [0.3, 0.4) is 0 Å². The van der Waals surface area contributed by atoms with Gasteiger partial charge in [0, 0.05) is 52.3 Å². The van der Waals surface area contributed by atoms with Crippen molar-refractivity contribution in [2.75, 3.05) is 60.0 Å². The predicted molar refractivity (Wildman–Crippen MR) is 121 cm³/mol. The zero-order valence-electron chi connectivity index (χ0n) is 17.2. The first-order valence-electron chi connectivity index (χ1n) is 10.1. The minimum absolute atomic E-state index is 0. The Morgan fingerprint density at radius 2 is 2.00 bits per heavy atom. The fourth-order valence-electron chi connectivity index (χ4n) is 3.30. The molecule has 2 fully saturated rings. The summed E-state index contributed by atoms with van der Waals surface area (Å²) in [6, 6.07) is 0.424. The van der Waals surface area contributed by atoms with E-state index in [1.165, 1.54) is 19.4 Å². The highest BCUT2D eigenvalue weighted by Gasteiger charge is 2.21. The maximum atomic E-state index is 11.9. The number of nitrogens with zero attached hydrogens (tertiary/aromatic N) is 3. The van der Waals surface area contributed by atoms with Gasteiger partial charge >= 0.3 is 0 Å². The van der Waals surface area contributed by atoms with Crippen molar-refractivity contribution in [2.24, 2.45) is 10.9 Å². The summed E-state index contributed by atoms with van der Waals surface area (Å²) in [6.07, 6.45) is 5.87. The van der Waals surface area contributed by atoms with Crippen molar-refractivity contribution in [3.63, 3.8) is 0 Å². The fraction of sp³-hybridized carbons (Fsp3) is 0.895. The number of likely N-dealkylation sites (tertiary alicyclic amines) is 1. The minimum Gasteiger partial charge on any atom is -0.381 e. The van der Waals surface area contributed by atoms with Crippen molar-refractivity contribution >= 4 is 35.8 Å². The number of guanidine groups is 1. The van der Waals surface area contributed by atoms with Gasteiger partial charge in [-0.1, -0.05) is 13.3 Å². The molecule has 0 bridgehead atoms. The van der Waals surface area contributed by atoms with Crippen LogP contribution in [0.25, 0.3) is 0 Å². The number of piperidine rings is 1. The number of aliphatic imine (C=N–C) groups is 1. The Kier molecular flexibility index (Phi) is 12.3. The average molecular weight is 495 g/mol. The summed E-state index contributed by atoms with van der Waals surface area (Å²) in [7, 11) is 3.53. The molecule has 0 spiro atoms. The molecule has 7 nitrogen and oxygen atoms in total. The second-order valence-electron chi connectivity index (χ2n) is 7.68. The van der Waals surface area contributed by atoms with Crippen molar-refractivity contribution in [2.45, 2.75) is 45.1 Å². The molecule has 0 saturated carbocycles. The Bertz CT molecular complexity index is 447. The van der Waals surface area contributed by atoms with Crippen molar-refractivity contribution in [1.29, 1.82) is 0 Å². The Balaban J connectivity index is 0.00000364. The van der Waals surface area contributed by atoms with E-state index in [0.717, 1.165) is 58.1 Å². The monoisotopic (exact) mass is 495 g/mol. The summed E-state index contributed by atoms with van der Waals surface area (Å²) < 4.78 is 5.45. The summed E-state index contributed by atoms with van der Waals surface area (Å²) in [4.78, 5) is 20.5. The molecule has 0 aromatic heterocycles. The van der Waals surface area contributed by atoms with Gasteiger partial charge in [0.1, 0.15) is 6.54 Å². The molecule has 2 aliphatic rings. The van der Waals surface area contributed by atoms with E-state index < -0.39 is 0 Å². The number of hydrogen-bond donors (Lipinski definition) is 2. The quantitative estimate of drug-likeness (QED) is 0.304. The summed E-state index contributed by atoms with van der Waals surface area (Å²) in [6.45, 7) is 8.41. The molecule has 1 unspecified atom stereocenters. The van der Waals surface area contributed by atoms with Crippen LogP contribution in [0.5, 0.6) is 0 Å². The molecule has 8 heteroatoms. The molecule has 2 rings (SSSR count). The largest absolute Gasteiger partial charge is 0.381 e. The van der Waals surface area contributed by atoms with Gasteiger partial charge in [0.05, 0.1) is 6.61 Å². The number of hydrogen-bond acceptors (Lipinski definition) is 4. The number of carbonyl (C=O) groups excluding carboxylic acids is 1. The zero-order valence-corrected chi connectivity index (χ0v) is 19.5. The Hall–Kier alpha value is -0.610. The van der Waals surface area contributed by atoms with Gasteiger partial charge in [-0.05, 0) is 32.2 Å². The van der Waals surface area contributed by atoms with E-state index in [-0.39, 0.29) is 36.4 Å². The molecular weight excluding hydrogens is 457 g/mol. The first-order chi connectivity index (χ1) is 12.6. The van der Waals surface area contributed by atoms with Crippen molar-refractivity contribution in [3.8, 4) is 0 Å². The number of likely N-dealkylation sites (N-methyl/N-ethyl adjacent to an activating group) is 1. The van der Waals surface area contributed by atoms with Gasteiger partial charge in [0.2, 0.25) is 5.91 Å². The topological polar surface area (TPSA) is 69.2 Å². The van der Waals surface area contributed by atoms with Crippen molar-refractivity contribution in [3.05, 3.63) is 0 Å². The van der Waals surface area contributed by atoms with Gasteiger partial charge in [0.25, 0.3) is 0 Å². The molecule has 0 radical (unpaired) electrons. The second kappa shape index (κ2) is 13.5. The number of ether oxygens (including phenoxy) is 1. The van der Waals surface area contributed by atoms with Crippen LogP contribution < -0.4 is 10.6 Å². The third-order valence-electron chi connectivity index (χ3n) is 5.21. The van der Waals surface area contributed by atoms with Crippen LogP contribution in [0.2, 0.25) is 0 Å². The molecular formula is C19H38IN5O2. The van der Waals surface area contributed by atoms with E-state index >= 15 is 0 Å². The molecule has 0 aliphatic carbocycles. The SMILES string of the molecule is CCCCN1CCC(NC(=NCC(=O)N(C)C)NCC2CCOC2)CC1.I. The molecule has 1 amide bonds. The van der Waals surface area contributed by atoms with Crippen LogP contribution in [-0.4, -0.2) is 87.7 Å². The van der Waals surface area contributed by atoms with E-state index in [4.69, 9.17) is 4.74 Å². The number of unbranched alkanes of at least 4 members (excludes halogenated alkanes) is 1. The van der Waals surface area contributed by atoms with Gasteiger partial charge in [0.15, 0.2) is 5.96 Å². The first-order valence-corrected chi connectivity index (χ1v) is 10.1. The fourth-order valence-corrected chi connectivity index (χ4v) is 3.30. The molecule has 2 N–H and O–H groups in total. The standard InChI is InChI=1S/C19H37N5O2.HI/c1-4-5-9-24-10-6-17(7-11-24)22-19(21-14-18(25)23(2)3)20-13-16-8-12-26-15-16;/h16-17H,4-15H2,1-3H3,(H2,20,21,22);1H. The lowest BCUT2D eigenvalue weighted by Crippen LogP contribution is -2.49. The number of carbonyl (C=O) groups is 1. The average Bonchev–Trinajstić information content (AvgIpc) is 3.16. The van der Waals surface area contributed by atoms with Crippen molar-refractivity contribution < 1.29 is 9.53 Å². The lowest BCUT2D eigenvalue weighted by molar-refractivity contribution is -0.127. The maximum Gasteiger partial charge on any atom is 0.243 e. The molecule has 158 valence electrons. The predicted octanol–water partition coefficient (Wildman–Crippen LogP) is 1.53. The van der Waals surface area contributed by atoms with Gasteiger partial charge in [-0.15, -0.1) is 24.0 Å². The molecule has 1 atom stereocenters. The van der Waals surface area contributed by atoms with E-state index in [2.05, 4.69) is 27.4 Å². The van der Waals surface area contributed by atoms with E-state index in [1.54, 1.807) is 19.0 Å². The van der Waals surface area contributed by atoms with Gasteiger partial charge in [-0.25, -0.2) is 4.99 Å². The molecule has 2 saturated heterocycles. The highest BCUT2D eigenvalue weighted by Crippen LogP contribution is 2.12. The Morgan fingerprint density at radius 3 is 2.59 bits per heavy atom. The van der Waals surface area contributed by atoms with Crippen LogP contribution in [-0.2, 0) is 9.53 Å². The highest BCUT2D eigenvalue weighted by atomic mass is 127. The van der Waals surface area contributed by atoms with Crippen LogP contribution in [0.15, 0.2) is 4.99 Å². The smallest absolute Gasteiger partial charge is 0.243 e. The van der Waals surface area contributed by atoms with E-state index in [1.807, 2.05) is 0 Å². The Labute approximate surface area is 181 Å². The molecule has 2 heterocycles. The minimum atomic E-state index is 0. The van der Waals surface area contributed by atoms with Crippen LogP contribution in [0.4, 0.5) is 0 Å². The normalized spacial score (nSPS) is 21.6. The maximum absolute atomic E-state index is 11.9. The molecule has 0 aromatic carbocycles. The van der Waals surface area contributed by atoms with E-state index in [0.29, 0.717) is 12.0 Å². The summed E-state index contributed by atoms with van der Waals surface area (Å²) in [5.74, 6) is 1.31. The number of amides is 1. The van der Waals surface area contributed by atoms with Crippen LogP contribution in [0, 0.1) is 5.92 Å². The summed E-state index contributed by atoms with van der Waals surface area (Å²) in [5, 5.41) is 6.97. The van der Waals surface area contributed by atoms with Gasteiger partial charge in [-0.2, -0.15) is 0 Å². The van der Waals surface area contributed by atoms with Gasteiger partial charge < -0.3 is 25.2 Å². The molecule has 27 heavy (non-hydrogen) atoms. The number of halogens is 1. The van der Waals surface area contributed by atoms with Gasteiger partial charge in [-0.3, -0.25) is 4.79 Å². The lowest BCUT2D eigenvalue weighted by Gasteiger charge is -2.33. The number of rotatable bonds is 8. The molecule has 0 aromatic rings. The summed E-state index contributed by atoms with van der Waals surface area (Å²) in [5.41, 5.74) is 0. The third kappa shape index (κ3) is 9.43. The molecule has 2 aliphatic heterocycles. The van der Waals surface area contributed by atoms with Crippen molar-refractivity contribution in [1.82, 2.24) is 20.4 Å². The lowest BCUT2D eigenvalue weighted by atomic mass is 10.0. The zero-order chi connectivity index (χ0) is 18.8.